The van der Waals surface area contributed by atoms with Crippen molar-refractivity contribution in [3.05, 3.63) is 64.7 Å². The molecule has 32 heavy (non-hydrogen) atoms. The van der Waals surface area contributed by atoms with Gasteiger partial charge in [-0.2, -0.15) is 13.2 Å². The average Bonchev–Trinajstić information content (AvgIpc) is 3.04. The molecule has 1 unspecified atom stereocenters. The highest BCUT2D eigenvalue weighted by Gasteiger charge is 2.52. The maximum Gasteiger partial charge on any atom is 0.416 e. The van der Waals surface area contributed by atoms with Gasteiger partial charge in [0, 0.05) is 30.7 Å². The third kappa shape index (κ3) is 4.29. The Morgan fingerprint density at radius 1 is 1.12 bits per heavy atom. The van der Waals surface area contributed by atoms with E-state index in [1.807, 2.05) is 17.0 Å². The van der Waals surface area contributed by atoms with Gasteiger partial charge in [0.25, 0.3) is 0 Å². The Kier molecular flexibility index (Phi) is 6.10. The minimum atomic E-state index is -4.64. The van der Waals surface area contributed by atoms with E-state index in [0.29, 0.717) is 24.3 Å². The number of piperidine rings is 1. The van der Waals surface area contributed by atoms with Crippen molar-refractivity contribution in [1.82, 2.24) is 14.5 Å². The van der Waals surface area contributed by atoms with Gasteiger partial charge in [0.15, 0.2) is 15.3 Å². The van der Waals surface area contributed by atoms with Gasteiger partial charge in [-0.1, -0.05) is 34.0 Å². The normalized spacial score (nSPS) is 21.5. The average molecular weight is 488 g/mol. The van der Waals surface area contributed by atoms with Crippen molar-refractivity contribution in [2.75, 3.05) is 19.8 Å². The fourth-order valence-corrected chi connectivity index (χ4v) is 5.88. The van der Waals surface area contributed by atoms with Crippen LogP contribution in [0.2, 0.25) is 5.02 Å². The van der Waals surface area contributed by atoms with Gasteiger partial charge < -0.3 is 9.87 Å². The summed E-state index contributed by atoms with van der Waals surface area (Å²) in [7, 11) is -4.12. The zero-order valence-corrected chi connectivity index (χ0v) is 18.5. The molecule has 2 aliphatic rings. The molecule has 0 saturated carbocycles. The molecule has 1 amide bonds. The number of carbonyl (C=O) groups is 1. The molecule has 1 N–H and O–H groups in total. The quantitative estimate of drug-likeness (QED) is 0.667. The summed E-state index contributed by atoms with van der Waals surface area (Å²) in [6.45, 7) is 0.879. The molecule has 4 rings (SSSR count). The summed E-state index contributed by atoms with van der Waals surface area (Å²) < 4.78 is 66.2. The summed E-state index contributed by atoms with van der Waals surface area (Å²) >= 11 is 5.93. The number of carbonyl (C=O) groups excluding carboxylic acids is 1. The second-order valence-electron chi connectivity index (χ2n) is 7.95. The van der Waals surface area contributed by atoms with Crippen LogP contribution in [0.15, 0.2) is 53.4 Å². The van der Waals surface area contributed by atoms with Crippen LogP contribution in [0.1, 0.15) is 24.0 Å². The first kappa shape index (κ1) is 23.2. The summed E-state index contributed by atoms with van der Waals surface area (Å²) in [5, 5.41) is 3.44. The molecule has 2 heterocycles. The molecule has 6 nitrogen and oxygen atoms in total. The minimum absolute atomic E-state index is 0.0309. The van der Waals surface area contributed by atoms with E-state index in [0.717, 1.165) is 28.1 Å². The van der Waals surface area contributed by atoms with Crippen molar-refractivity contribution in [3.8, 4) is 0 Å². The molecule has 11 heteroatoms. The lowest BCUT2D eigenvalue weighted by molar-refractivity contribution is -0.137. The lowest BCUT2D eigenvalue weighted by Crippen LogP contribution is -2.57. The van der Waals surface area contributed by atoms with E-state index in [2.05, 4.69) is 5.32 Å². The van der Waals surface area contributed by atoms with Gasteiger partial charge in [0.2, 0.25) is 5.91 Å². The maximum absolute atomic E-state index is 13.0. The number of rotatable bonds is 4. The van der Waals surface area contributed by atoms with E-state index in [-0.39, 0.29) is 31.8 Å². The Hall–Kier alpha value is -1.98. The van der Waals surface area contributed by atoms with Crippen molar-refractivity contribution in [1.29, 1.82) is 0 Å². The first-order valence-corrected chi connectivity index (χ1v) is 11.8. The molecule has 2 fully saturated rings. The smallest absolute Gasteiger partial charge is 0.416 e. The number of hydrogen-bond acceptors (Lipinski definition) is 4. The second-order valence-corrected chi connectivity index (χ2v) is 10.3. The van der Waals surface area contributed by atoms with Gasteiger partial charge in [0.1, 0.15) is 5.54 Å². The first-order chi connectivity index (χ1) is 15.0. The maximum atomic E-state index is 13.0. The molecule has 172 valence electrons. The Bertz CT molecular complexity index is 1060. The van der Waals surface area contributed by atoms with Crippen molar-refractivity contribution in [3.63, 3.8) is 0 Å². The van der Waals surface area contributed by atoms with Crippen LogP contribution in [0.5, 0.6) is 0 Å². The van der Waals surface area contributed by atoms with Crippen LogP contribution >= 0.6 is 11.6 Å². The highest BCUT2D eigenvalue weighted by Crippen LogP contribution is 2.38. The number of alkyl halides is 3. The minimum Gasteiger partial charge on any atom is -0.593 e. The number of nitrogens with one attached hydrogen (secondary N) is 1. The Morgan fingerprint density at radius 2 is 1.78 bits per heavy atom. The predicted molar refractivity (Wildman–Crippen MR) is 112 cm³/mol. The monoisotopic (exact) mass is 487 g/mol. The standard InChI is InChI=1S/C21H21ClF3N3O3S/c22-17-6-4-15(5-7-17)13-27-14-26-19(29)20(27)8-10-28(11-9-20)32(30,31)18-3-1-2-16(12-18)21(23,24)25/h1-7,12H,8-11,13-14H2,(H-,26,29,30,31). The zero-order valence-electron chi connectivity index (χ0n) is 16.9. The predicted octanol–water partition coefficient (Wildman–Crippen LogP) is 3.69. The highest BCUT2D eigenvalue weighted by molar-refractivity contribution is 7.95. The molecule has 0 aliphatic carbocycles. The van der Waals surface area contributed by atoms with Gasteiger partial charge >= 0.3 is 6.18 Å². The number of amides is 1. The van der Waals surface area contributed by atoms with E-state index in [9.17, 15) is 26.7 Å². The number of nitrogens with zero attached hydrogens (tertiary/aromatic N) is 2. The number of halogens is 4. The summed E-state index contributed by atoms with van der Waals surface area (Å²) in [4.78, 5) is 14.3. The van der Waals surface area contributed by atoms with Crippen LogP contribution in [0.3, 0.4) is 0 Å². The van der Waals surface area contributed by atoms with Gasteiger partial charge in [-0.25, -0.2) is 0 Å². The molecule has 1 atom stereocenters. The summed E-state index contributed by atoms with van der Waals surface area (Å²) in [5.74, 6) is -0.164. The second kappa shape index (κ2) is 8.42. The van der Waals surface area contributed by atoms with Crippen LogP contribution < -0.4 is 5.32 Å². The SMILES string of the molecule is O=C1NCN(Cc2ccc(Cl)cc2)C12CCN([S+](=O)([O-])c1cccc(C(F)(F)F)c1)CC2. The summed E-state index contributed by atoms with van der Waals surface area (Å²) in [5.41, 5.74) is -0.917. The van der Waals surface area contributed by atoms with Crippen molar-refractivity contribution < 1.29 is 26.7 Å². The third-order valence-electron chi connectivity index (χ3n) is 6.09. The van der Waals surface area contributed by atoms with Crippen LogP contribution in [0.4, 0.5) is 13.2 Å². The van der Waals surface area contributed by atoms with Crippen LogP contribution in [-0.4, -0.2) is 45.0 Å². The molecule has 2 aromatic rings. The summed E-state index contributed by atoms with van der Waals surface area (Å²) in [6, 6.07) is 11.0. The Labute approximate surface area is 189 Å². The van der Waals surface area contributed by atoms with E-state index in [1.165, 1.54) is 0 Å². The van der Waals surface area contributed by atoms with Gasteiger partial charge in [0.05, 0.1) is 12.2 Å². The fourth-order valence-electron chi connectivity index (χ4n) is 4.27. The molecule has 2 aromatic carbocycles. The van der Waals surface area contributed by atoms with Crippen molar-refractivity contribution in [2.24, 2.45) is 0 Å². The van der Waals surface area contributed by atoms with E-state index in [4.69, 9.17) is 11.6 Å². The molecular weight excluding hydrogens is 467 g/mol. The molecule has 2 aliphatic heterocycles. The van der Waals surface area contributed by atoms with Crippen LogP contribution in [0.25, 0.3) is 0 Å². The molecule has 1 spiro atoms. The van der Waals surface area contributed by atoms with E-state index >= 15 is 0 Å². The van der Waals surface area contributed by atoms with Crippen LogP contribution in [0, 0.1) is 0 Å². The van der Waals surface area contributed by atoms with Crippen molar-refractivity contribution in [2.45, 2.75) is 36.0 Å². The topological polar surface area (TPSA) is 75.7 Å². The molecule has 0 bridgehead atoms. The third-order valence-corrected chi connectivity index (χ3v) is 8.24. The number of benzene rings is 2. The van der Waals surface area contributed by atoms with Gasteiger partial charge in [-0.05, 0) is 42.7 Å². The van der Waals surface area contributed by atoms with E-state index < -0.39 is 32.6 Å². The molecule has 2 saturated heterocycles. The zero-order chi connectivity index (χ0) is 23.1. The molecule has 0 radical (unpaired) electrons. The number of hydrogen-bond donors (Lipinski definition) is 1. The Morgan fingerprint density at radius 3 is 2.41 bits per heavy atom. The number of sulfonamides is 1. The lowest BCUT2D eigenvalue weighted by Gasteiger charge is -2.42. The lowest BCUT2D eigenvalue weighted by atomic mass is 9.86. The first-order valence-electron chi connectivity index (χ1n) is 9.98. The van der Waals surface area contributed by atoms with Crippen molar-refractivity contribution >= 4 is 27.9 Å². The van der Waals surface area contributed by atoms with Gasteiger partial charge in [-0.3, -0.25) is 9.69 Å². The van der Waals surface area contributed by atoms with E-state index in [1.54, 1.807) is 12.1 Å². The summed E-state index contributed by atoms with van der Waals surface area (Å²) in [6.07, 6.45) is -4.16. The highest BCUT2D eigenvalue weighted by atomic mass is 35.5. The molecular formula is C21H21ClF3N3O3S. The molecule has 0 aromatic heterocycles. The van der Waals surface area contributed by atoms with Gasteiger partial charge in [-0.15, -0.1) is 4.31 Å². The Balaban J connectivity index is 1.51. The fraction of sp³-hybridized carbons (Fsp3) is 0.381. The van der Waals surface area contributed by atoms with Crippen LogP contribution in [-0.2, 0) is 32.1 Å². The largest absolute Gasteiger partial charge is 0.593 e.